The number of hydrogen-bond acceptors (Lipinski definition) is 3. The van der Waals surface area contributed by atoms with Gasteiger partial charge in [-0.15, -0.1) is 0 Å². The highest BCUT2D eigenvalue weighted by Gasteiger charge is 2.26. The lowest BCUT2D eigenvalue weighted by molar-refractivity contribution is 0.0697. The summed E-state index contributed by atoms with van der Waals surface area (Å²) >= 11 is 0. The lowest BCUT2D eigenvalue weighted by Crippen LogP contribution is -2.22. The molecule has 1 saturated heterocycles. The molecular formula is C17H18N2O2. The predicted molar refractivity (Wildman–Crippen MR) is 83.8 cm³/mol. The number of carboxylic acids is 1. The Kier molecular flexibility index (Phi) is 3.52. The highest BCUT2D eigenvalue weighted by Crippen LogP contribution is 2.33. The Labute approximate surface area is 123 Å². The van der Waals surface area contributed by atoms with Gasteiger partial charge >= 0.3 is 5.97 Å². The summed E-state index contributed by atoms with van der Waals surface area (Å²) in [6.45, 7) is 1.71. The minimum Gasteiger partial charge on any atom is -0.478 e. The topological polar surface area (TPSA) is 66.6 Å². The Morgan fingerprint density at radius 1 is 1.19 bits per heavy atom. The van der Waals surface area contributed by atoms with E-state index in [2.05, 4.69) is 17.0 Å². The van der Waals surface area contributed by atoms with Crippen molar-refractivity contribution >= 4 is 17.3 Å². The molecule has 0 aromatic heterocycles. The van der Waals surface area contributed by atoms with Gasteiger partial charge in [0.05, 0.1) is 11.3 Å². The molecule has 3 rings (SSSR count). The summed E-state index contributed by atoms with van der Waals surface area (Å²) in [6.07, 6.45) is 1.04. The Balaban J connectivity index is 1.85. The molecule has 1 atom stereocenters. The maximum atomic E-state index is 11.4. The fourth-order valence-corrected chi connectivity index (χ4v) is 2.98. The monoisotopic (exact) mass is 282 g/mol. The van der Waals surface area contributed by atoms with Crippen LogP contribution in [0.5, 0.6) is 0 Å². The van der Waals surface area contributed by atoms with Crippen molar-refractivity contribution in [1.29, 1.82) is 0 Å². The van der Waals surface area contributed by atoms with Gasteiger partial charge in [-0.05, 0) is 30.2 Å². The Morgan fingerprint density at radius 3 is 2.67 bits per heavy atom. The third-order valence-electron chi connectivity index (χ3n) is 4.05. The van der Waals surface area contributed by atoms with E-state index in [1.54, 1.807) is 6.07 Å². The van der Waals surface area contributed by atoms with Gasteiger partial charge in [-0.2, -0.15) is 0 Å². The van der Waals surface area contributed by atoms with E-state index >= 15 is 0 Å². The Hall–Kier alpha value is -2.49. The first-order valence-electron chi connectivity index (χ1n) is 7.08. The number of carbonyl (C=O) groups is 1. The number of hydrogen-bond donors (Lipinski definition) is 2. The van der Waals surface area contributed by atoms with Crippen molar-refractivity contribution in [2.75, 3.05) is 23.7 Å². The Morgan fingerprint density at radius 2 is 1.95 bits per heavy atom. The molecule has 1 aliphatic rings. The number of aromatic carboxylic acids is 1. The maximum absolute atomic E-state index is 11.4. The molecule has 0 spiro atoms. The van der Waals surface area contributed by atoms with Gasteiger partial charge in [0.1, 0.15) is 0 Å². The summed E-state index contributed by atoms with van der Waals surface area (Å²) in [7, 11) is 0. The van der Waals surface area contributed by atoms with Crippen LogP contribution in [0.4, 0.5) is 11.4 Å². The van der Waals surface area contributed by atoms with Crippen molar-refractivity contribution in [2.45, 2.75) is 12.3 Å². The molecule has 1 unspecified atom stereocenters. The first-order valence-corrected chi connectivity index (χ1v) is 7.08. The zero-order valence-corrected chi connectivity index (χ0v) is 11.7. The van der Waals surface area contributed by atoms with Gasteiger partial charge in [0, 0.05) is 24.7 Å². The minimum atomic E-state index is -0.930. The number of benzene rings is 2. The molecule has 3 N–H and O–H groups in total. The van der Waals surface area contributed by atoms with E-state index < -0.39 is 5.97 Å². The van der Waals surface area contributed by atoms with Gasteiger partial charge in [0.2, 0.25) is 0 Å². The normalized spacial score (nSPS) is 17.9. The second-order valence-corrected chi connectivity index (χ2v) is 5.42. The second kappa shape index (κ2) is 5.48. The first kappa shape index (κ1) is 13.5. The molecule has 4 nitrogen and oxygen atoms in total. The van der Waals surface area contributed by atoms with Gasteiger partial charge in [-0.1, -0.05) is 30.3 Å². The van der Waals surface area contributed by atoms with E-state index in [9.17, 15) is 9.90 Å². The number of nitrogen functional groups attached to an aromatic ring is 1. The number of nitrogens with two attached hydrogens (primary N) is 1. The molecule has 2 aromatic rings. The molecule has 1 fully saturated rings. The van der Waals surface area contributed by atoms with Crippen LogP contribution in [0, 0.1) is 0 Å². The van der Waals surface area contributed by atoms with E-state index in [-0.39, 0.29) is 5.56 Å². The predicted octanol–water partition coefficient (Wildman–Crippen LogP) is 2.96. The van der Waals surface area contributed by atoms with Crippen LogP contribution >= 0.6 is 0 Å². The molecule has 21 heavy (non-hydrogen) atoms. The molecule has 0 saturated carbocycles. The number of anilines is 2. The molecule has 0 amide bonds. The van der Waals surface area contributed by atoms with Crippen LogP contribution in [0.15, 0.2) is 48.5 Å². The molecule has 4 heteroatoms. The quantitative estimate of drug-likeness (QED) is 0.849. The van der Waals surface area contributed by atoms with Crippen LogP contribution in [-0.2, 0) is 0 Å². The largest absolute Gasteiger partial charge is 0.478 e. The van der Waals surface area contributed by atoms with Crippen LogP contribution in [0.2, 0.25) is 0 Å². The molecule has 2 aromatic carbocycles. The molecular weight excluding hydrogens is 264 g/mol. The third-order valence-corrected chi connectivity index (χ3v) is 4.05. The summed E-state index contributed by atoms with van der Waals surface area (Å²) in [5.74, 6) is -0.481. The van der Waals surface area contributed by atoms with Crippen molar-refractivity contribution in [3.8, 4) is 0 Å². The highest BCUT2D eigenvalue weighted by molar-refractivity contribution is 5.95. The van der Waals surface area contributed by atoms with Crippen molar-refractivity contribution < 1.29 is 9.90 Å². The lowest BCUT2D eigenvalue weighted by atomic mass is 9.99. The van der Waals surface area contributed by atoms with E-state index in [1.807, 2.05) is 24.3 Å². The van der Waals surface area contributed by atoms with Gasteiger partial charge < -0.3 is 15.7 Å². The minimum absolute atomic E-state index is 0.281. The molecule has 0 bridgehead atoms. The van der Waals surface area contributed by atoms with E-state index in [0.29, 0.717) is 11.6 Å². The van der Waals surface area contributed by atoms with Crippen LogP contribution in [0.25, 0.3) is 0 Å². The summed E-state index contributed by atoms with van der Waals surface area (Å²) < 4.78 is 0. The fourth-order valence-electron chi connectivity index (χ4n) is 2.98. The van der Waals surface area contributed by atoms with Crippen molar-refractivity contribution in [2.24, 2.45) is 0 Å². The third kappa shape index (κ3) is 2.70. The van der Waals surface area contributed by atoms with Crippen LogP contribution in [-0.4, -0.2) is 24.2 Å². The van der Waals surface area contributed by atoms with Gasteiger partial charge in [0.15, 0.2) is 0 Å². The average molecular weight is 282 g/mol. The van der Waals surface area contributed by atoms with Gasteiger partial charge in [-0.3, -0.25) is 0 Å². The molecule has 1 heterocycles. The average Bonchev–Trinajstić information content (AvgIpc) is 2.97. The van der Waals surface area contributed by atoms with Crippen molar-refractivity contribution in [1.82, 2.24) is 0 Å². The zero-order valence-electron chi connectivity index (χ0n) is 11.7. The van der Waals surface area contributed by atoms with Gasteiger partial charge in [0.25, 0.3) is 0 Å². The molecule has 108 valence electrons. The number of rotatable bonds is 3. The molecule has 0 aliphatic carbocycles. The maximum Gasteiger partial charge on any atom is 0.337 e. The fraction of sp³-hybridized carbons (Fsp3) is 0.235. The molecule has 0 radical (unpaired) electrons. The summed E-state index contributed by atoms with van der Waals surface area (Å²) in [6, 6.07) is 15.5. The smallest absolute Gasteiger partial charge is 0.337 e. The summed E-state index contributed by atoms with van der Waals surface area (Å²) in [4.78, 5) is 13.5. The Bertz CT molecular complexity index is 655. The second-order valence-electron chi connectivity index (χ2n) is 5.42. The number of carboxylic acid groups (broad SMARTS) is 1. The van der Waals surface area contributed by atoms with Crippen LogP contribution in [0.3, 0.4) is 0 Å². The standard InChI is InChI=1S/C17H18N2O2/c18-14-6-7-16(15(10-14)17(20)21)19-9-8-13(11-19)12-4-2-1-3-5-12/h1-7,10,13H,8-9,11,18H2,(H,20,21). The lowest BCUT2D eigenvalue weighted by Gasteiger charge is -2.21. The summed E-state index contributed by atoms with van der Waals surface area (Å²) in [5.41, 5.74) is 8.53. The van der Waals surface area contributed by atoms with E-state index in [4.69, 9.17) is 5.73 Å². The van der Waals surface area contributed by atoms with Crippen molar-refractivity contribution in [3.63, 3.8) is 0 Å². The zero-order chi connectivity index (χ0) is 14.8. The van der Waals surface area contributed by atoms with Crippen LogP contribution in [0.1, 0.15) is 28.3 Å². The first-order chi connectivity index (χ1) is 10.1. The summed E-state index contributed by atoms with van der Waals surface area (Å²) in [5, 5.41) is 9.35. The highest BCUT2D eigenvalue weighted by atomic mass is 16.4. The van der Waals surface area contributed by atoms with Gasteiger partial charge in [-0.25, -0.2) is 4.79 Å². The molecule has 1 aliphatic heterocycles. The van der Waals surface area contributed by atoms with E-state index in [1.165, 1.54) is 11.6 Å². The SMILES string of the molecule is Nc1ccc(N2CCC(c3ccccc3)C2)c(C(=O)O)c1. The number of nitrogens with zero attached hydrogens (tertiary/aromatic N) is 1. The van der Waals surface area contributed by atoms with E-state index in [0.717, 1.165) is 25.2 Å². The van der Waals surface area contributed by atoms with Crippen LogP contribution < -0.4 is 10.6 Å². The van der Waals surface area contributed by atoms with Crippen molar-refractivity contribution in [3.05, 3.63) is 59.7 Å².